The van der Waals surface area contributed by atoms with E-state index >= 15 is 0 Å². The van der Waals surface area contributed by atoms with E-state index in [1.165, 1.54) is 19.2 Å². The second kappa shape index (κ2) is 16.6. The first-order valence-electron chi connectivity index (χ1n) is 19.6. The van der Waals surface area contributed by atoms with E-state index in [0.717, 1.165) is 88.9 Å². The maximum atomic E-state index is 13.7. The molecule has 10 rings (SSSR count). The minimum absolute atomic E-state index is 0.0116. The van der Waals surface area contributed by atoms with Crippen LogP contribution in [0.4, 0.5) is 11.6 Å². The number of nitro benzene ring substituents is 1. The van der Waals surface area contributed by atoms with E-state index < -0.39 is 10.9 Å². The first-order valence-corrected chi connectivity index (χ1v) is 21.2. The van der Waals surface area contributed by atoms with Crippen LogP contribution >= 0.6 is 31.9 Å². The standard InChI is InChI=1S/C22H20BrN5O3.C20H17BrN6O3/c1-31-21(30)15-6-4-14(5-7-15)19(26-10-2-3-11-26)28-20(29)17-12-16(23)8-9-18(17)27-13-24-25-22(27)28;21-14-5-8-17-16(11-14)18(28)25(12-13-3-6-15(7-4-13)27(29)30)20-23-22-19(26(17)20)24-9-1-2-10-24/h4-9,12-13,19H,2-3,10-11H2,1H3;3-8,11H,1-2,9-10,12H2. The molecule has 19 heteroatoms. The number of carbonyl (C=O) groups excluding carboxylic acids is 1. The molecule has 1 atom stereocenters. The predicted octanol–water partition coefficient (Wildman–Crippen LogP) is 6.60. The van der Waals surface area contributed by atoms with Crippen LogP contribution in [0, 0.1) is 10.1 Å². The number of ether oxygens (including phenoxy) is 1. The van der Waals surface area contributed by atoms with Gasteiger partial charge in [-0.05, 0) is 85.3 Å². The third-order valence-electron chi connectivity index (χ3n) is 11.2. The fraction of sp³-hybridized carbons (Fsp3) is 0.262. The monoisotopic (exact) mass is 949 g/mol. The van der Waals surface area contributed by atoms with Crippen LogP contribution < -0.4 is 16.0 Å². The lowest BCUT2D eigenvalue weighted by molar-refractivity contribution is -0.384. The number of methoxy groups -OCH3 is 1. The number of carbonyl (C=O) groups is 1. The molecule has 8 aromatic rings. The van der Waals surface area contributed by atoms with Crippen LogP contribution in [-0.4, -0.2) is 87.4 Å². The van der Waals surface area contributed by atoms with Gasteiger partial charge in [0.1, 0.15) is 12.5 Å². The highest BCUT2D eigenvalue weighted by Crippen LogP contribution is 2.30. The summed E-state index contributed by atoms with van der Waals surface area (Å²) in [7, 11) is 1.36. The molecular formula is C42H37Br2N11O6. The number of hydrogen-bond donors (Lipinski definition) is 0. The SMILES string of the molecule is COC(=O)c1ccc(C(N2CCCC2)n2c(=O)c3cc(Br)ccc3n3cnnc23)cc1.O=c1c2cc(Br)ccc2n2c(N3CCCC3)nnc2n1Cc1ccc([N+](=O)[O-])cc1. The molecule has 1 unspecified atom stereocenters. The summed E-state index contributed by atoms with van der Waals surface area (Å²) in [4.78, 5) is 53.9. The number of nitro groups is 1. The number of aromatic nitrogens is 8. The Balaban J connectivity index is 0.000000156. The Morgan fingerprint density at radius 3 is 2.08 bits per heavy atom. The van der Waals surface area contributed by atoms with Gasteiger partial charge in [0.2, 0.25) is 17.5 Å². The van der Waals surface area contributed by atoms with Crippen molar-refractivity contribution in [2.75, 3.05) is 38.2 Å². The summed E-state index contributed by atoms with van der Waals surface area (Å²) in [6.45, 7) is 3.78. The summed E-state index contributed by atoms with van der Waals surface area (Å²) in [5, 5.41) is 29.2. The molecule has 17 nitrogen and oxygen atoms in total. The van der Waals surface area contributed by atoms with Gasteiger partial charge in [-0.25, -0.2) is 9.20 Å². The van der Waals surface area contributed by atoms with Crippen molar-refractivity contribution < 1.29 is 14.5 Å². The van der Waals surface area contributed by atoms with Crippen molar-refractivity contribution in [1.82, 2.24) is 43.2 Å². The van der Waals surface area contributed by atoms with Crippen LogP contribution in [-0.2, 0) is 11.3 Å². The number of rotatable bonds is 8. The summed E-state index contributed by atoms with van der Waals surface area (Å²) >= 11 is 6.94. The zero-order valence-corrected chi connectivity index (χ0v) is 35.9. The Labute approximate surface area is 363 Å². The minimum Gasteiger partial charge on any atom is -0.465 e. The Hall–Kier alpha value is -6.31. The van der Waals surface area contributed by atoms with Gasteiger partial charge in [0, 0.05) is 47.3 Å². The van der Waals surface area contributed by atoms with Gasteiger partial charge in [0.25, 0.3) is 16.8 Å². The largest absolute Gasteiger partial charge is 0.465 e. The van der Waals surface area contributed by atoms with Gasteiger partial charge < -0.3 is 9.64 Å². The molecule has 0 bridgehead atoms. The predicted molar refractivity (Wildman–Crippen MR) is 235 cm³/mol. The third-order valence-corrected chi connectivity index (χ3v) is 12.2. The van der Waals surface area contributed by atoms with Crippen LogP contribution in [0.1, 0.15) is 53.3 Å². The summed E-state index contributed by atoms with van der Waals surface area (Å²) in [5.41, 5.74) is 3.34. The number of esters is 1. The molecule has 0 amide bonds. The van der Waals surface area contributed by atoms with Gasteiger partial charge in [-0.15, -0.1) is 20.4 Å². The van der Waals surface area contributed by atoms with Gasteiger partial charge in [-0.1, -0.05) is 56.1 Å². The number of nitrogens with zero attached hydrogens (tertiary/aromatic N) is 11. The summed E-state index contributed by atoms with van der Waals surface area (Å²) in [6, 6.07) is 24.6. The zero-order chi connectivity index (χ0) is 42.4. The second-order valence-corrected chi connectivity index (χ2v) is 16.7. The number of halogens is 2. The van der Waals surface area contributed by atoms with Crippen molar-refractivity contribution in [1.29, 1.82) is 0 Å². The lowest BCUT2D eigenvalue weighted by Crippen LogP contribution is -2.38. The van der Waals surface area contributed by atoms with Crippen molar-refractivity contribution in [3.05, 3.63) is 148 Å². The van der Waals surface area contributed by atoms with Crippen molar-refractivity contribution >= 4 is 82.8 Å². The van der Waals surface area contributed by atoms with E-state index in [0.29, 0.717) is 27.9 Å². The lowest BCUT2D eigenvalue weighted by Gasteiger charge is -2.30. The minimum atomic E-state index is -0.442. The first-order chi connectivity index (χ1) is 29.6. The number of hydrogen-bond acceptors (Lipinski definition) is 12. The van der Waals surface area contributed by atoms with Crippen LogP contribution in [0.2, 0.25) is 0 Å². The molecule has 4 aromatic heterocycles. The van der Waals surface area contributed by atoms with Crippen LogP contribution in [0.5, 0.6) is 0 Å². The highest BCUT2D eigenvalue weighted by Gasteiger charge is 2.30. The normalized spacial score (nSPS) is 14.8. The highest BCUT2D eigenvalue weighted by atomic mass is 79.9. The van der Waals surface area contributed by atoms with E-state index in [2.05, 4.69) is 62.1 Å². The lowest BCUT2D eigenvalue weighted by atomic mass is 10.1. The molecule has 6 heterocycles. The van der Waals surface area contributed by atoms with Crippen molar-refractivity contribution in [2.45, 2.75) is 38.4 Å². The molecule has 0 N–H and O–H groups in total. The Kier molecular flexibility index (Phi) is 10.9. The van der Waals surface area contributed by atoms with Gasteiger partial charge in [0.15, 0.2) is 0 Å². The van der Waals surface area contributed by atoms with Gasteiger partial charge in [-0.2, -0.15) is 0 Å². The fourth-order valence-corrected chi connectivity index (χ4v) is 8.97. The van der Waals surface area contributed by atoms with Crippen LogP contribution in [0.25, 0.3) is 33.4 Å². The first kappa shape index (κ1) is 40.1. The van der Waals surface area contributed by atoms with E-state index in [4.69, 9.17) is 4.74 Å². The number of likely N-dealkylation sites (tertiary alicyclic amines) is 1. The van der Waals surface area contributed by atoms with Gasteiger partial charge in [-0.3, -0.25) is 38.1 Å². The quantitative estimate of drug-likeness (QED) is 0.0907. The Morgan fingerprint density at radius 1 is 0.787 bits per heavy atom. The van der Waals surface area contributed by atoms with E-state index in [1.54, 1.807) is 45.8 Å². The molecule has 0 aliphatic carbocycles. The molecule has 4 aromatic carbocycles. The molecule has 0 radical (unpaired) electrons. The molecule has 2 saturated heterocycles. The van der Waals surface area contributed by atoms with Gasteiger partial charge in [0.05, 0.1) is 45.9 Å². The molecule has 2 fully saturated rings. The number of benzene rings is 4. The van der Waals surface area contributed by atoms with E-state index in [-0.39, 0.29) is 29.5 Å². The summed E-state index contributed by atoms with van der Waals surface area (Å²) < 4.78 is 13.5. The number of anilines is 1. The number of fused-ring (bicyclic) bond motifs is 6. The van der Waals surface area contributed by atoms with Crippen molar-refractivity contribution in [3.63, 3.8) is 0 Å². The van der Waals surface area contributed by atoms with E-state index in [1.807, 2.05) is 51.3 Å². The Bertz CT molecular complexity index is 3100. The maximum Gasteiger partial charge on any atom is 0.337 e. The molecule has 2 aliphatic heterocycles. The molecule has 61 heavy (non-hydrogen) atoms. The molecule has 310 valence electrons. The zero-order valence-electron chi connectivity index (χ0n) is 32.7. The molecule has 0 spiro atoms. The Morgan fingerprint density at radius 2 is 1.43 bits per heavy atom. The summed E-state index contributed by atoms with van der Waals surface area (Å²) in [5.74, 6) is 1.27. The average molecular weight is 952 g/mol. The highest BCUT2D eigenvalue weighted by molar-refractivity contribution is 9.10. The van der Waals surface area contributed by atoms with E-state index in [9.17, 15) is 24.5 Å². The third kappa shape index (κ3) is 7.46. The molecule has 0 saturated carbocycles. The van der Waals surface area contributed by atoms with Crippen LogP contribution in [0.3, 0.4) is 0 Å². The smallest absolute Gasteiger partial charge is 0.337 e. The van der Waals surface area contributed by atoms with Crippen molar-refractivity contribution in [3.8, 4) is 0 Å². The maximum absolute atomic E-state index is 13.7. The summed E-state index contributed by atoms with van der Waals surface area (Å²) in [6.07, 6.45) is 5.59. The molecule has 2 aliphatic rings. The second-order valence-electron chi connectivity index (χ2n) is 14.9. The van der Waals surface area contributed by atoms with Gasteiger partial charge >= 0.3 is 5.97 Å². The molecular weight excluding hydrogens is 914 g/mol. The van der Waals surface area contributed by atoms with Crippen molar-refractivity contribution in [2.24, 2.45) is 0 Å². The topological polar surface area (TPSA) is 180 Å². The average Bonchev–Trinajstić information content (AvgIpc) is 4.13. The fourth-order valence-electron chi connectivity index (χ4n) is 8.25. The number of non-ortho nitro benzene ring substituents is 1. The van der Waals surface area contributed by atoms with Crippen LogP contribution in [0.15, 0.2) is 110 Å².